The largest absolute Gasteiger partial charge is 0.618 e. The van der Waals surface area contributed by atoms with E-state index in [0.29, 0.717) is 21.8 Å². The highest BCUT2D eigenvalue weighted by Crippen LogP contribution is 2.33. The number of methoxy groups -OCH3 is 2. The summed E-state index contributed by atoms with van der Waals surface area (Å²) in [5.74, 6) is -0.392. The number of hydrogen-bond acceptors (Lipinski definition) is 4. The van der Waals surface area contributed by atoms with Gasteiger partial charge in [0.25, 0.3) is 17.2 Å². The second-order valence-electron chi connectivity index (χ2n) is 4.68. The summed E-state index contributed by atoms with van der Waals surface area (Å²) in [7, 11) is 2.93. The smallest absolute Gasteiger partial charge is 0.273 e. The van der Waals surface area contributed by atoms with Crippen molar-refractivity contribution in [2.45, 2.75) is 0 Å². The van der Waals surface area contributed by atoms with Crippen LogP contribution in [-0.4, -0.2) is 30.5 Å². The molecule has 2 aromatic rings. The summed E-state index contributed by atoms with van der Waals surface area (Å²) in [5.41, 5.74) is 0.00590. The van der Waals surface area contributed by atoms with Crippen molar-refractivity contribution in [1.82, 2.24) is 0 Å². The van der Waals surface area contributed by atoms with Gasteiger partial charge in [0, 0.05) is 0 Å². The summed E-state index contributed by atoms with van der Waals surface area (Å²) < 4.78 is 24.4. The van der Waals surface area contributed by atoms with Crippen molar-refractivity contribution in [2.75, 3.05) is 14.2 Å². The molecule has 0 aromatic heterocycles. The minimum atomic E-state index is -0.726. The summed E-state index contributed by atoms with van der Waals surface area (Å²) in [4.78, 5) is 12.4. The van der Waals surface area contributed by atoms with Gasteiger partial charge in [-0.15, -0.1) is 0 Å². The van der Waals surface area contributed by atoms with Crippen LogP contribution >= 0.6 is 0 Å². The third-order valence-corrected chi connectivity index (χ3v) is 3.51. The van der Waals surface area contributed by atoms with Crippen LogP contribution in [0.3, 0.4) is 0 Å². The number of para-hydroxylation sites is 1. The first-order valence-corrected chi connectivity index (χ1v) is 6.48. The summed E-state index contributed by atoms with van der Waals surface area (Å²) >= 11 is 0. The van der Waals surface area contributed by atoms with Gasteiger partial charge in [-0.3, -0.25) is 4.79 Å². The Bertz CT molecular complexity index is 814. The molecule has 0 aliphatic carbocycles. The molecule has 5 nitrogen and oxygen atoms in total. The maximum atomic E-state index is 13.8. The molecule has 0 unspecified atom stereocenters. The molecule has 0 N–H and O–H groups in total. The lowest BCUT2D eigenvalue weighted by atomic mass is 10.0. The zero-order chi connectivity index (χ0) is 15.9. The van der Waals surface area contributed by atoms with E-state index in [4.69, 9.17) is 9.47 Å². The number of hydrogen-bond donors (Lipinski definition) is 0. The first-order chi connectivity index (χ1) is 10.6. The molecule has 22 heavy (non-hydrogen) atoms. The van der Waals surface area contributed by atoms with Crippen LogP contribution in [0.4, 0.5) is 10.1 Å². The molecule has 0 amide bonds. The zero-order valence-corrected chi connectivity index (χ0v) is 11.9. The number of nitrogens with zero attached hydrogens (tertiary/aromatic N) is 1. The fourth-order valence-corrected chi connectivity index (χ4v) is 2.47. The number of rotatable bonds is 3. The summed E-state index contributed by atoms with van der Waals surface area (Å²) in [6.45, 7) is 0. The average Bonchev–Trinajstić information content (AvgIpc) is 2.79. The maximum absolute atomic E-state index is 13.8. The molecule has 0 atom stereocenters. The molecule has 2 aromatic carbocycles. The number of benzene rings is 2. The number of carbonyl (C=O) groups excluding carboxylic acids is 1. The van der Waals surface area contributed by atoms with Gasteiger partial charge in [-0.2, -0.15) is 9.13 Å². The van der Waals surface area contributed by atoms with Crippen LogP contribution in [0.15, 0.2) is 36.4 Å². The maximum Gasteiger partial charge on any atom is 0.273 e. The van der Waals surface area contributed by atoms with Crippen molar-refractivity contribution in [1.29, 1.82) is 0 Å². The number of ketones is 1. The Balaban J connectivity index is 2.18. The Kier molecular flexibility index (Phi) is 3.29. The Morgan fingerprint density at radius 2 is 1.82 bits per heavy atom. The molecule has 1 heterocycles. The van der Waals surface area contributed by atoms with E-state index in [9.17, 15) is 14.4 Å². The number of ether oxygens (including phenoxy) is 2. The highest BCUT2D eigenvalue weighted by atomic mass is 19.1. The van der Waals surface area contributed by atoms with Gasteiger partial charge in [0.1, 0.15) is 5.56 Å². The molecule has 0 saturated carbocycles. The van der Waals surface area contributed by atoms with E-state index in [1.165, 1.54) is 32.4 Å². The van der Waals surface area contributed by atoms with Gasteiger partial charge in [0.05, 0.1) is 19.8 Å². The standard InChI is InChI=1S/C16H12FNO4/c1-21-12-7-6-9(8-13(12)22-2)14-16(19)10-4-3-5-11(17)15(10)18(14)20/h3-8H,1-2H3. The fourth-order valence-electron chi connectivity index (χ4n) is 2.47. The second kappa shape index (κ2) is 5.14. The number of halogens is 1. The highest BCUT2D eigenvalue weighted by Gasteiger charge is 2.39. The first kappa shape index (κ1) is 14.1. The second-order valence-corrected chi connectivity index (χ2v) is 4.68. The van der Waals surface area contributed by atoms with Crippen molar-refractivity contribution in [3.8, 4) is 11.5 Å². The van der Waals surface area contributed by atoms with Crippen molar-refractivity contribution < 1.29 is 23.4 Å². The van der Waals surface area contributed by atoms with Gasteiger partial charge in [0.15, 0.2) is 17.3 Å². The lowest BCUT2D eigenvalue weighted by Crippen LogP contribution is -2.16. The molecule has 3 rings (SSSR count). The molecule has 0 bridgehead atoms. The van der Waals surface area contributed by atoms with E-state index < -0.39 is 11.6 Å². The third-order valence-electron chi connectivity index (χ3n) is 3.51. The van der Waals surface area contributed by atoms with E-state index >= 15 is 0 Å². The zero-order valence-electron chi connectivity index (χ0n) is 11.9. The first-order valence-electron chi connectivity index (χ1n) is 6.48. The normalized spacial score (nSPS) is 13.3. The molecular formula is C16H12FNO4. The molecule has 6 heteroatoms. The van der Waals surface area contributed by atoms with Gasteiger partial charge in [-0.25, -0.2) is 0 Å². The minimum Gasteiger partial charge on any atom is -0.618 e. The van der Waals surface area contributed by atoms with Gasteiger partial charge in [-0.05, 0) is 30.3 Å². The predicted molar refractivity (Wildman–Crippen MR) is 77.7 cm³/mol. The predicted octanol–water partition coefficient (Wildman–Crippen LogP) is 2.67. The summed E-state index contributed by atoms with van der Waals surface area (Å²) in [6, 6.07) is 8.64. The fraction of sp³-hybridized carbons (Fsp3) is 0.125. The quantitative estimate of drug-likeness (QED) is 0.646. The van der Waals surface area contributed by atoms with Crippen LogP contribution < -0.4 is 9.47 Å². The van der Waals surface area contributed by atoms with E-state index in [2.05, 4.69) is 0 Å². The Hall–Kier alpha value is -2.89. The molecule has 112 valence electrons. The van der Waals surface area contributed by atoms with Crippen LogP contribution in [0, 0.1) is 11.0 Å². The van der Waals surface area contributed by atoms with Crippen molar-refractivity contribution in [3.05, 3.63) is 58.5 Å². The van der Waals surface area contributed by atoms with Gasteiger partial charge in [-0.1, -0.05) is 6.07 Å². The van der Waals surface area contributed by atoms with E-state index in [1.807, 2.05) is 0 Å². The number of carbonyl (C=O) groups is 1. The lowest BCUT2D eigenvalue weighted by Gasteiger charge is -2.08. The van der Waals surface area contributed by atoms with Crippen molar-refractivity contribution in [3.63, 3.8) is 0 Å². The SMILES string of the molecule is COc1ccc(C2=[N+]([O-])c3c(F)cccc3C2=O)cc1OC. The van der Waals surface area contributed by atoms with Crippen LogP contribution in [-0.2, 0) is 0 Å². The van der Waals surface area contributed by atoms with Gasteiger partial charge < -0.3 is 14.7 Å². The Labute approximate surface area is 125 Å². The lowest BCUT2D eigenvalue weighted by molar-refractivity contribution is -0.358. The minimum absolute atomic E-state index is 0.0554. The van der Waals surface area contributed by atoms with Gasteiger partial charge in [0.2, 0.25) is 0 Å². The Morgan fingerprint density at radius 1 is 1.09 bits per heavy atom. The topological polar surface area (TPSA) is 61.6 Å². The molecule has 0 spiro atoms. The van der Waals surface area contributed by atoms with Crippen LogP contribution in [0.1, 0.15) is 15.9 Å². The van der Waals surface area contributed by atoms with Crippen LogP contribution in [0.25, 0.3) is 0 Å². The highest BCUT2D eigenvalue weighted by molar-refractivity contribution is 6.52. The third kappa shape index (κ3) is 1.92. The van der Waals surface area contributed by atoms with Crippen molar-refractivity contribution in [2.24, 2.45) is 0 Å². The molecule has 0 radical (unpaired) electrons. The Morgan fingerprint density at radius 3 is 2.45 bits per heavy atom. The molecule has 1 aliphatic rings. The molecule has 0 fully saturated rings. The number of fused-ring (bicyclic) bond motifs is 1. The van der Waals surface area contributed by atoms with Crippen LogP contribution in [0.5, 0.6) is 11.5 Å². The summed E-state index contributed by atoms with van der Waals surface area (Å²) in [6.07, 6.45) is 0. The molecule has 1 aliphatic heterocycles. The average molecular weight is 301 g/mol. The van der Waals surface area contributed by atoms with Gasteiger partial charge >= 0.3 is 0 Å². The number of Topliss-reactive ketones (excluding diaryl/α,β-unsaturated/α-hetero) is 1. The molecular weight excluding hydrogens is 289 g/mol. The van der Waals surface area contributed by atoms with Crippen molar-refractivity contribution >= 4 is 17.2 Å². The van der Waals surface area contributed by atoms with E-state index in [1.54, 1.807) is 12.1 Å². The van der Waals surface area contributed by atoms with E-state index in [0.717, 1.165) is 6.07 Å². The molecule has 0 saturated heterocycles. The van der Waals surface area contributed by atoms with E-state index in [-0.39, 0.29) is 17.0 Å². The summed E-state index contributed by atoms with van der Waals surface area (Å²) in [5, 5.41) is 12.3. The monoisotopic (exact) mass is 301 g/mol. The van der Waals surface area contributed by atoms with Crippen LogP contribution in [0.2, 0.25) is 0 Å².